The van der Waals surface area contributed by atoms with E-state index in [1.807, 2.05) is 0 Å². The summed E-state index contributed by atoms with van der Waals surface area (Å²) in [6.07, 6.45) is 5.01. The fourth-order valence-electron chi connectivity index (χ4n) is 2.83. The highest BCUT2D eigenvalue weighted by atomic mass is 15.2. The van der Waals surface area contributed by atoms with Gasteiger partial charge in [0.05, 0.1) is 17.1 Å². The Morgan fingerprint density at radius 1 is 1.12 bits per heavy atom. The lowest BCUT2D eigenvalue weighted by molar-refractivity contribution is 0.826. The van der Waals surface area contributed by atoms with Crippen LogP contribution in [0.5, 0.6) is 0 Å². The van der Waals surface area contributed by atoms with Crippen molar-refractivity contribution in [3.8, 4) is 0 Å². The van der Waals surface area contributed by atoms with E-state index < -0.39 is 0 Å². The molecule has 1 saturated heterocycles. The highest BCUT2D eigenvalue weighted by Crippen LogP contribution is 2.39. The Balaban J connectivity index is 2.06. The maximum absolute atomic E-state index is 6.14. The van der Waals surface area contributed by atoms with Gasteiger partial charge >= 0.3 is 0 Å². The number of rotatable bonds is 1. The molecule has 0 spiro atoms. The van der Waals surface area contributed by atoms with Gasteiger partial charge in [0.1, 0.15) is 0 Å². The predicted octanol–water partition coefficient (Wildman–Crippen LogP) is 2.23. The fraction of sp³-hybridized carbons (Fsp3) is 0.538. The predicted molar refractivity (Wildman–Crippen MR) is 69.1 cm³/mol. The Hall–Kier alpha value is -1.38. The lowest BCUT2D eigenvalue weighted by Crippen LogP contribution is -2.23. The molecule has 0 radical (unpaired) electrons. The summed E-state index contributed by atoms with van der Waals surface area (Å²) < 4.78 is 0. The first-order chi connectivity index (χ1) is 7.86. The van der Waals surface area contributed by atoms with Gasteiger partial charge in [0, 0.05) is 19.6 Å². The quantitative estimate of drug-likeness (QED) is 0.709. The van der Waals surface area contributed by atoms with Crippen molar-refractivity contribution in [2.24, 2.45) is 0 Å². The molecule has 2 aliphatic rings. The van der Waals surface area contributed by atoms with Gasteiger partial charge in [-0.2, -0.15) is 0 Å². The number of fused-ring (bicyclic) bond motifs is 1. The molecule has 0 saturated carbocycles. The molecule has 16 heavy (non-hydrogen) atoms. The number of benzene rings is 1. The first kappa shape index (κ1) is 9.82. The van der Waals surface area contributed by atoms with Gasteiger partial charge in [-0.3, -0.25) is 0 Å². The monoisotopic (exact) mass is 217 g/mol. The second kappa shape index (κ2) is 3.89. The van der Waals surface area contributed by atoms with E-state index >= 15 is 0 Å². The first-order valence-electron chi connectivity index (χ1n) is 6.26. The van der Waals surface area contributed by atoms with Gasteiger partial charge in [0.25, 0.3) is 0 Å². The lowest BCUT2D eigenvalue weighted by atomic mass is 10.0. The number of nitrogens with two attached hydrogens (primary N) is 1. The molecule has 1 aromatic carbocycles. The summed E-state index contributed by atoms with van der Waals surface area (Å²) in [5, 5.41) is 3.53. The number of nitrogen functional groups attached to an aromatic ring is 1. The van der Waals surface area contributed by atoms with Crippen LogP contribution in [0.1, 0.15) is 24.8 Å². The van der Waals surface area contributed by atoms with Gasteiger partial charge in [0.15, 0.2) is 0 Å². The zero-order chi connectivity index (χ0) is 11.0. The van der Waals surface area contributed by atoms with E-state index in [4.69, 9.17) is 5.73 Å². The molecule has 0 amide bonds. The number of hydrogen-bond acceptors (Lipinski definition) is 3. The van der Waals surface area contributed by atoms with E-state index in [0.717, 1.165) is 25.3 Å². The molecule has 86 valence electrons. The molecule has 3 rings (SSSR count). The lowest BCUT2D eigenvalue weighted by Gasteiger charge is -2.28. The molecule has 0 bridgehead atoms. The molecule has 3 nitrogen and oxygen atoms in total. The normalized spacial score (nSPS) is 19.4. The van der Waals surface area contributed by atoms with Crippen molar-refractivity contribution in [2.45, 2.75) is 25.7 Å². The van der Waals surface area contributed by atoms with Gasteiger partial charge in [0.2, 0.25) is 0 Å². The van der Waals surface area contributed by atoms with Crippen LogP contribution in [0.15, 0.2) is 12.1 Å². The summed E-state index contributed by atoms with van der Waals surface area (Å²) in [4.78, 5) is 2.44. The Bertz CT molecular complexity index is 394. The third kappa shape index (κ3) is 1.51. The molecule has 0 atom stereocenters. The Morgan fingerprint density at radius 2 is 1.94 bits per heavy atom. The topological polar surface area (TPSA) is 41.3 Å². The van der Waals surface area contributed by atoms with Crippen molar-refractivity contribution in [1.82, 2.24) is 0 Å². The molecular formula is C13H19N3. The molecular weight excluding hydrogens is 198 g/mol. The average molecular weight is 217 g/mol. The van der Waals surface area contributed by atoms with Crippen molar-refractivity contribution in [2.75, 3.05) is 35.6 Å². The van der Waals surface area contributed by atoms with Crippen molar-refractivity contribution in [3.63, 3.8) is 0 Å². The molecule has 0 unspecified atom stereocenters. The van der Waals surface area contributed by atoms with Crippen LogP contribution in [-0.2, 0) is 6.42 Å². The molecule has 3 heteroatoms. The van der Waals surface area contributed by atoms with Crippen LogP contribution < -0.4 is 16.0 Å². The second-order valence-corrected chi connectivity index (χ2v) is 4.76. The Morgan fingerprint density at radius 3 is 2.75 bits per heavy atom. The van der Waals surface area contributed by atoms with E-state index in [0.29, 0.717) is 0 Å². The van der Waals surface area contributed by atoms with Gasteiger partial charge in [-0.1, -0.05) is 6.07 Å². The van der Waals surface area contributed by atoms with Crippen LogP contribution in [0.2, 0.25) is 0 Å². The minimum Gasteiger partial charge on any atom is -0.397 e. The second-order valence-electron chi connectivity index (χ2n) is 4.76. The van der Waals surface area contributed by atoms with E-state index in [1.165, 1.54) is 42.6 Å². The van der Waals surface area contributed by atoms with Gasteiger partial charge in [-0.05, 0) is 37.3 Å². The number of nitrogens with one attached hydrogen (secondary N) is 1. The van der Waals surface area contributed by atoms with Crippen LogP contribution in [-0.4, -0.2) is 19.6 Å². The Kier molecular flexibility index (Phi) is 2.39. The number of aryl methyl sites for hydroxylation is 1. The summed E-state index contributed by atoms with van der Waals surface area (Å²) in [6, 6.07) is 4.25. The van der Waals surface area contributed by atoms with Gasteiger partial charge < -0.3 is 16.0 Å². The minimum absolute atomic E-state index is 0.926. The number of anilines is 3. The first-order valence-corrected chi connectivity index (χ1v) is 6.26. The smallest absolute Gasteiger partial charge is 0.0838 e. The van der Waals surface area contributed by atoms with E-state index in [2.05, 4.69) is 22.3 Å². The van der Waals surface area contributed by atoms with E-state index in [1.54, 1.807) is 0 Å². The maximum Gasteiger partial charge on any atom is 0.0838 e. The summed E-state index contributed by atoms with van der Waals surface area (Å²) >= 11 is 0. The number of hydrogen-bond donors (Lipinski definition) is 2. The van der Waals surface area contributed by atoms with Crippen LogP contribution in [0.3, 0.4) is 0 Å². The summed E-state index contributed by atoms with van der Waals surface area (Å²) in [5.74, 6) is 0. The zero-order valence-electron chi connectivity index (χ0n) is 9.63. The molecule has 1 fully saturated rings. The van der Waals surface area contributed by atoms with Crippen LogP contribution >= 0.6 is 0 Å². The molecule has 2 heterocycles. The van der Waals surface area contributed by atoms with Crippen molar-refractivity contribution >= 4 is 17.1 Å². The van der Waals surface area contributed by atoms with Crippen molar-refractivity contribution in [3.05, 3.63) is 17.7 Å². The molecule has 3 N–H and O–H groups in total. The highest BCUT2D eigenvalue weighted by Gasteiger charge is 2.21. The number of nitrogens with zero attached hydrogens (tertiary/aromatic N) is 1. The third-order valence-electron chi connectivity index (χ3n) is 3.64. The zero-order valence-corrected chi connectivity index (χ0v) is 9.63. The van der Waals surface area contributed by atoms with Crippen LogP contribution in [0.25, 0.3) is 0 Å². The standard InChI is InChI=1S/C13H19N3/c14-11-6-5-10-4-3-7-15-12(10)13(11)16-8-1-2-9-16/h5-6,15H,1-4,7-9,14H2. The fourth-order valence-corrected chi connectivity index (χ4v) is 2.83. The van der Waals surface area contributed by atoms with Gasteiger partial charge in [-0.25, -0.2) is 0 Å². The SMILES string of the molecule is Nc1ccc2c(c1N1CCCC1)NCCC2. The average Bonchev–Trinajstić information content (AvgIpc) is 2.82. The molecule has 0 aromatic heterocycles. The summed E-state index contributed by atoms with van der Waals surface area (Å²) in [7, 11) is 0. The van der Waals surface area contributed by atoms with Crippen molar-refractivity contribution < 1.29 is 0 Å². The third-order valence-corrected chi connectivity index (χ3v) is 3.64. The Labute approximate surface area is 96.6 Å². The minimum atomic E-state index is 0.926. The maximum atomic E-state index is 6.14. The van der Waals surface area contributed by atoms with E-state index in [9.17, 15) is 0 Å². The molecule has 1 aromatic rings. The van der Waals surface area contributed by atoms with Crippen LogP contribution in [0.4, 0.5) is 17.1 Å². The largest absolute Gasteiger partial charge is 0.397 e. The van der Waals surface area contributed by atoms with Crippen LogP contribution in [0, 0.1) is 0 Å². The highest BCUT2D eigenvalue weighted by molar-refractivity contribution is 5.85. The van der Waals surface area contributed by atoms with E-state index in [-0.39, 0.29) is 0 Å². The summed E-state index contributed by atoms with van der Waals surface area (Å²) in [6.45, 7) is 3.39. The summed E-state index contributed by atoms with van der Waals surface area (Å²) in [5.41, 5.74) is 11.1. The van der Waals surface area contributed by atoms with Crippen molar-refractivity contribution in [1.29, 1.82) is 0 Å². The molecule has 0 aliphatic carbocycles. The van der Waals surface area contributed by atoms with Gasteiger partial charge in [-0.15, -0.1) is 0 Å². The molecule has 2 aliphatic heterocycles.